The van der Waals surface area contributed by atoms with E-state index in [1.54, 1.807) is 19.2 Å². The average molecular weight is 691 g/mol. The number of carbonyl (C=O) groups excluding carboxylic acids is 1. The number of ketones is 1. The van der Waals surface area contributed by atoms with Crippen molar-refractivity contribution in [3.63, 3.8) is 0 Å². The number of allylic oxidation sites excluding steroid dienone is 1. The van der Waals surface area contributed by atoms with Crippen molar-refractivity contribution in [2.24, 2.45) is 0 Å². The van der Waals surface area contributed by atoms with Crippen LogP contribution < -0.4 is 4.74 Å². The second-order valence-corrected chi connectivity index (χ2v) is 27.4. The summed E-state index contributed by atoms with van der Waals surface area (Å²) in [6, 6.07) is 15.2. The number of hydrogen-bond acceptors (Lipinski definition) is 4. The second-order valence-electron chi connectivity index (χ2n) is 11.6. The molecule has 0 bridgehead atoms. The first-order chi connectivity index (χ1) is 19.6. The van der Waals surface area contributed by atoms with Crippen molar-refractivity contribution < 1.29 is 17.9 Å². The Bertz CT molecular complexity index is 1170. The molecule has 0 atom stereocenters. The van der Waals surface area contributed by atoms with Gasteiger partial charge in [0.15, 0.2) is 0 Å². The molecule has 7 heteroatoms. The zero-order valence-electron chi connectivity index (χ0n) is 26.4. The molecule has 2 rings (SSSR count). The standard InChI is InChI=1S/C22H26NO4S.3C4H9.Sn/c1-17-5-11-22(12-6-17)28(25,26)23(16-14-19(3)24)15-13-18(2)20-7-9-21(27-4)10-8-20;3*1-3-4-2;/h5-13H,2,14-16H2,1,3-4H3;3*1,3-4H2,2H3;/b18-13-;;;;. The SMILES string of the molecule is CCC[CH2][Sn]([CH2]CCC)([CH2]CCC)[CH2]/C(=C/CN(CCC(C)=O)S(=O)(=O)c1ccc(C)cc1)c1ccc(OC)cc1. The molecule has 0 unspecified atom stereocenters. The fraction of sp³-hybridized carbons (Fsp3) is 0.559. The molecule has 228 valence electrons. The number of aryl methyl sites for hydroxylation is 1. The van der Waals surface area contributed by atoms with E-state index in [0.717, 1.165) is 21.3 Å². The molecule has 0 radical (unpaired) electrons. The molecule has 0 aliphatic rings. The van der Waals surface area contributed by atoms with Gasteiger partial charge in [-0.1, -0.05) is 0 Å². The number of benzene rings is 2. The van der Waals surface area contributed by atoms with Crippen molar-refractivity contribution in [1.82, 2.24) is 4.31 Å². The normalized spacial score (nSPS) is 12.6. The van der Waals surface area contributed by atoms with Gasteiger partial charge in [0.1, 0.15) is 0 Å². The van der Waals surface area contributed by atoms with Crippen LogP contribution in [-0.2, 0) is 14.8 Å². The first kappa shape index (κ1) is 35.6. The summed E-state index contributed by atoms with van der Waals surface area (Å²) >= 11 is -2.62. The topological polar surface area (TPSA) is 63.7 Å². The van der Waals surface area contributed by atoms with E-state index in [1.807, 2.05) is 31.2 Å². The van der Waals surface area contributed by atoms with Crippen molar-refractivity contribution in [2.45, 2.75) is 102 Å². The predicted molar refractivity (Wildman–Crippen MR) is 176 cm³/mol. The molecule has 0 saturated carbocycles. The van der Waals surface area contributed by atoms with Crippen LogP contribution >= 0.6 is 0 Å². The molecule has 0 aromatic heterocycles. The van der Waals surface area contributed by atoms with E-state index in [-0.39, 0.29) is 30.2 Å². The monoisotopic (exact) mass is 691 g/mol. The van der Waals surface area contributed by atoms with Gasteiger partial charge in [-0.05, 0) is 0 Å². The van der Waals surface area contributed by atoms with Gasteiger partial charge in [0, 0.05) is 0 Å². The minimum atomic E-state index is -3.75. The first-order valence-electron chi connectivity index (χ1n) is 15.5. The van der Waals surface area contributed by atoms with Gasteiger partial charge in [-0.3, -0.25) is 0 Å². The van der Waals surface area contributed by atoms with Crippen molar-refractivity contribution in [3.05, 3.63) is 65.7 Å². The zero-order chi connectivity index (χ0) is 30.3. The summed E-state index contributed by atoms with van der Waals surface area (Å²) in [7, 11) is -2.08. The summed E-state index contributed by atoms with van der Waals surface area (Å²) in [4.78, 5) is 12.2. The minimum absolute atomic E-state index is 0.0117. The molecular weight excluding hydrogens is 637 g/mol. The number of hydrogen-bond donors (Lipinski definition) is 0. The van der Waals surface area contributed by atoms with Crippen LogP contribution in [0.2, 0.25) is 17.7 Å². The zero-order valence-corrected chi connectivity index (χ0v) is 30.0. The number of methoxy groups -OCH3 is 1. The molecule has 0 N–H and O–H groups in total. The summed E-state index contributed by atoms with van der Waals surface area (Å²) in [6.07, 6.45) is 9.85. The van der Waals surface area contributed by atoms with Gasteiger partial charge >= 0.3 is 256 Å². The maximum atomic E-state index is 13.8. The molecular formula is C34H53NO4SSn. The number of nitrogens with zero attached hydrogens (tertiary/aromatic N) is 1. The van der Waals surface area contributed by atoms with E-state index in [9.17, 15) is 13.2 Å². The van der Waals surface area contributed by atoms with E-state index in [1.165, 1.54) is 68.6 Å². The van der Waals surface area contributed by atoms with Gasteiger partial charge in [-0.25, -0.2) is 0 Å². The van der Waals surface area contributed by atoms with E-state index >= 15 is 0 Å². The Labute approximate surface area is 254 Å². The summed E-state index contributed by atoms with van der Waals surface area (Å²) in [5.41, 5.74) is 3.42. The second kappa shape index (κ2) is 18.1. The third-order valence-electron chi connectivity index (χ3n) is 8.12. The van der Waals surface area contributed by atoms with Gasteiger partial charge in [0.25, 0.3) is 0 Å². The first-order valence-corrected chi connectivity index (χ1v) is 25.0. The van der Waals surface area contributed by atoms with Crippen LogP contribution in [0, 0.1) is 6.92 Å². The maximum absolute atomic E-state index is 13.8. The van der Waals surface area contributed by atoms with Crippen LogP contribution in [-0.4, -0.2) is 57.1 Å². The Morgan fingerprint density at radius 1 is 0.878 bits per heavy atom. The Kier molecular flexibility index (Phi) is 15.7. The van der Waals surface area contributed by atoms with Crippen LogP contribution in [0.4, 0.5) is 0 Å². The Balaban J connectivity index is 2.58. The van der Waals surface area contributed by atoms with Gasteiger partial charge in [-0.15, -0.1) is 0 Å². The molecule has 0 amide bonds. The van der Waals surface area contributed by atoms with Crippen LogP contribution in [0.25, 0.3) is 5.57 Å². The Morgan fingerprint density at radius 2 is 1.41 bits per heavy atom. The molecule has 41 heavy (non-hydrogen) atoms. The number of unbranched alkanes of at least 4 members (excludes halogenated alkanes) is 3. The third kappa shape index (κ3) is 11.5. The van der Waals surface area contributed by atoms with Crippen LogP contribution in [0.1, 0.15) is 83.8 Å². The molecule has 0 heterocycles. The summed E-state index contributed by atoms with van der Waals surface area (Å²) in [5, 5.41) is 0. The Hall–Kier alpha value is -1.64. The Morgan fingerprint density at radius 3 is 1.88 bits per heavy atom. The number of Topliss-reactive ketones (excluding diaryl/α,β-unsaturated/α-hetero) is 1. The van der Waals surface area contributed by atoms with Crippen LogP contribution in [0.3, 0.4) is 0 Å². The molecule has 0 saturated heterocycles. The molecule has 0 fully saturated rings. The number of carbonyl (C=O) groups is 1. The molecule has 2 aromatic carbocycles. The van der Waals surface area contributed by atoms with Crippen LogP contribution in [0.15, 0.2) is 59.5 Å². The summed E-state index contributed by atoms with van der Waals surface area (Å²) in [6.45, 7) is 10.8. The third-order valence-corrected chi connectivity index (χ3v) is 25.3. The summed E-state index contributed by atoms with van der Waals surface area (Å²) < 4.78 is 39.8. The molecule has 0 aliphatic carbocycles. The van der Waals surface area contributed by atoms with Crippen LogP contribution in [0.5, 0.6) is 5.75 Å². The van der Waals surface area contributed by atoms with Gasteiger partial charge in [-0.2, -0.15) is 0 Å². The van der Waals surface area contributed by atoms with E-state index < -0.39 is 28.4 Å². The van der Waals surface area contributed by atoms with Crippen molar-refractivity contribution in [3.8, 4) is 5.75 Å². The molecule has 5 nitrogen and oxygen atoms in total. The van der Waals surface area contributed by atoms with Gasteiger partial charge in [0.05, 0.1) is 0 Å². The van der Waals surface area contributed by atoms with E-state index in [2.05, 4.69) is 39.0 Å². The number of ether oxygens (including phenoxy) is 1. The number of sulfonamides is 1. The van der Waals surface area contributed by atoms with Crippen molar-refractivity contribution in [2.75, 3.05) is 20.2 Å². The van der Waals surface area contributed by atoms with E-state index in [4.69, 9.17) is 4.74 Å². The molecule has 0 spiro atoms. The predicted octanol–water partition coefficient (Wildman–Crippen LogP) is 8.91. The van der Waals surface area contributed by atoms with Crippen molar-refractivity contribution in [1.29, 1.82) is 0 Å². The molecule has 2 aromatic rings. The fourth-order valence-electron chi connectivity index (χ4n) is 5.46. The van der Waals surface area contributed by atoms with Crippen molar-refractivity contribution >= 4 is 39.8 Å². The molecule has 0 aliphatic heterocycles. The van der Waals surface area contributed by atoms with E-state index in [0.29, 0.717) is 0 Å². The fourth-order valence-corrected chi connectivity index (χ4v) is 23.2. The average Bonchev–Trinajstić information content (AvgIpc) is 2.97. The quantitative estimate of drug-likeness (QED) is 0.130. The summed E-state index contributed by atoms with van der Waals surface area (Å²) in [5.74, 6) is 0.804. The van der Waals surface area contributed by atoms with Gasteiger partial charge in [0.2, 0.25) is 0 Å². The van der Waals surface area contributed by atoms with Gasteiger partial charge < -0.3 is 0 Å². The number of rotatable bonds is 20.